The minimum atomic E-state index is -0.337. The second-order valence-electron chi connectivity index (χ2n) is 7.26. The molecule has 0 saturated carbocycles. The average Bonchev–Trinajstić information content (AvgIpc) is 3.33. The number of fused-ring (bicyclic) bond motifs is 1. The molecule has 0 spiro atoms. The molecule has 4 rings (SSSR count). The number of carbonyl (C=O) groups excluding carboxylic acids is 1. The zero-order valence-electron chi connectivity index (χ0n) is 16.4. The Kier molecular flexibility index (Phi) is 4.68. The summed E-state index contributed by atoms with van der Waals surface area (Å²) in [6.45, 7) is 5.31. The maximum atomic E-state index is 12.9. The Morgan fingerprint density at radius 2 is 2.07 bits per heavy atom. The molecule has 3 aromatic rings. The van der Waals surface area contributed by atoms with E-state index in [1.54, 1.807) is 35.5 Å². The van der Waals surface area contributed by atoms with E-state index in [1.807, 2.05) is 36.2 Å². The molecular weight excluding hydrogens is 374 g/mol. The second-order valence-corrected chi connectivity index (χ2v) is 8.31. The van der Waals surface area contributed by atoms with Gasteiger partial charge in [-0.05, 0) is 37.6 Å². The summed E-state index contributed by atoms with van der Waals surface area (Å²) in [5, 5.41) is 7.43. The molecule has 1 aliphatic heterocycles. The zero-order valence-corrected chi connectivity index (χ0v) is 17.2. The highest BCUT2D eigenvalue weighted by molar-refractivity contribution is 7.16. The van der Waals surface area contributed by atoms with E-state index < -0.39 is 0 Å². The number of carbonyl (C=O) groups is 1. The summed E-state index contributed by atoms with van der Waals surface area (Å²) < 4.78 is 6.92. The predicted octanol–water partition coefficient (Wildman–Crippen LogP) is 3.62. The van der Waals surface area contributed by atoms with E-state index in [9.17, 15) is 4.79 Å². The molecule has 0 saturated heterocycles. The van der Waals surface area contributed by atoms with E-state index in [0.29, 0.717) is 13.2 Å². The largest absolute Gasteiger partial charge is 0.383 e. The molecule has 0 fully saturated rings. The average molecular weight is 398 g/mol. The molecule has 0 unspecified atom stereocenters. The van der Waals surface area contributed by atoms with Crippen LogP contribution in [0.15, 0.2) is 36.7 Å². The van der Waals surface area contributed by atoms with E-state index in [2.05, 4.69) is 29.2 Å². The third-order valence-corrected chi connectivity index (χ3v) is 6.58. The van der Waals surface area contributed by atoms with E-state index >= 15 is 0 Å². The van der Waals surface area contributed by atoms with Crippen LogP contribution in [0.5, 0.6) is 0 Å². The van der Waals surface area contributed by atoms with E-state index in [0.717, 1.165) is 32.5 Å². The number of aromatic nitrogens is 3. The van der Waals surface area contributed by atoms with Gasteiger partial charge in [0.2, 0.25) is 0 Å². The van der Waals surface area contributed by atoms with Gasteiger partial charge in [0.15, 0.2) is 0 Å². The van der Waals surface area contributed by atoms with Gasteiger partial charge in [-0.1, -0.05) is 0 Å². The molecule has 0 radical (unpaired) electrons. The van der Waals surface area contributed by atoms with Crippen LogP contribution in [0.3, 0.4) is 0 Å². The number of ether oxygens (including phenoxy) is 1. The Morgan fingerprint density at radius 3 is 2.75 bits per heavy atom. The van der Waals surface area contributed by atoms with Crippen molar-refractivity contribution in [2.45, 2.75) is 19.4 Å². The maximum absolute atomic E-state index is 12.9. The number of rotatable bonds is 6. The first-order chi connectivity index (χ1) is 13.4. The van der Waals surface area contributed by atoms with Crippen LogP contribution in [0.4, 0.5) is 11.6 Å². The number of hydrogen-bond donors (Lipinski definition) is 1. The molecule has 28 heavy (non-hydrogen) atoms. The van der Waals surface area contributed by atoms with E-state index in [4.69, 9.17) is 4.74 Å². The first-order valence-corrected chi connectivity index (χ1v) is 9.90. The number of thiophene rings is 1. The third-order valence-electron chi connectivity index (χ3n) is 5.08. The number of anilines is 2. The molecular formula is C20H23N5O2S. The van der Waals surface area contributed by atoms with Gasteiger partial charge in [0.1, 0.15) is 11.6 Å². The maximum Gasteiger partial charge on any atom is 0.255 e. The van der Waals surface area contributed by atoms with Gasteiger partial charge in [0.05, 0.1) is 23.9 Å². The fourth-order valence-electron chi connectivity index (χ4n) is 3.51. The van der Waals surface area contributed by atoms with Crippen LogP contribution in [0.2, 0.25) is 0 Å². The zero-order chi connectivity index (χ0) is 19.9. The minimum absolute atomic E-state index is 0.0711. The lowest BCUT2D eigenvalue weighted by molar-refractivity contribution is 0.0526. The quantitative estimate of drug-likeness (QED) is 0.688. The summed E-state index contributed by atoms with van der Waals surface area (Å²) in [7, 11) is 3.53. The van der Waals surface area contributed by atoms with Crippen LogP contribution in [0.25, 0.3) is 10.4 Å². The highest BCUT2D eigenvalue weighted by Crippen LogP contribution is 2.46. The van der Waals surface area contributed by atoms with Gasteiger partial charge in [-0.25, -0.2) is 4.98 Å². The van der Waals surface area contributed by atoms with Gasteiger partial charge in [-0.2, -0.15) is 5.10 Å². The highest BCUT2D eigenvalue weighted by Gasteiger charge is 2.44. The van der Waals surface area contributed by atoms with Gasteiger partial charge in [0, 0.05) is 42.7 Å². The second kappa shape index (κ2) is 7.03. The number of nitrogens with one attached hydrogen (secondary N) is 1. The first-order valence-electron chi connectivity index (χ1n) is 9.08. The van der Waals surface area contributed by atoms with Gasteiger partial charge in [0.25, 0.3) is 5.91 Å². The monoisotopic (exact) mass is 397 g/mol. The molecule has 146 valence electrons. The van der Waals surface area contributed by atoms with Crippen LogP contribution in [-0.2, 0) is 17.3 Å². The molecule has 8 heteroatoms. The van der Waals surface area contributed by atoms with Crippen molar-refractivity contribution in [3.8, 4) is 10.4 Å². The van der Waals surface area contributed by atoms with Crippen molar-refractivity contribution in [2.75, 3.05) is 25.6 Å². The molecule has 3 aromatic heterocycles. The lowest BCUT2D eigenvalue weighted by Crippen LogP contribution is -2.41. The molecule has 4 heterocycles. The fourth-order valence-corrected chi connectivity index (χ4v) is 4.77. The van der Waals surface area contributed by atoms with Gasteiger partial charge in [-0.15, -0.1) is 11.3 Å². The summed E-state index contributed by atoms with van der Waals surface area (Å²) in [5.74, 6) is 1.67. The standard InChI is InChI=1S/C20H23N5O2S/c1-20(2)18-14(19(26)25(20)9-10-27-4)12-15(28-18)13-5-7-21-16(11-13)23-17-6-8-22-24(17)3/h5-8,11-12H,9-10H2,1-4H3,(H,21,23). The SMILES string of the molecule is COCCN1C(=O)c2cc(-c3ccnc(Nc4ccnn4C)c3)sc2C1(C)C. The molecule has 1 N–H and O–H groups in total. The smallest absolute Gasteiger partial charge is 0.255 e. The van der Waals surface area contributed by atoms with Crippen molar-refractivity contribution >= 4 is 28.9 Å². The Morgan fingerprint density at radius 1 is 1.25 bits per heavy atom. The number of amides is 1. The Bertz CT molecular complexity index is 1020. The molecule has 0 aromatic carbocycles. The lowest BCUT2D eigenvalue weighted by Gasteiger charge is -2.32. The number of pyridine rings is 1. The number of nitrogens with zero attached hydrogens (tertiary/aromatic N) is 4. The fraction of sp³-hybridized carbons (Fsp3) is 0.350. The van der Waals surface area contributed by atoms with Crippen molar-refractivity contribution in [1.29, 1.82) is 0 Å². The van der Waals surface area contributed by atoms with Crippen molar-refractivity contribution in [3.63, 3.8) is 0 Å². The van der Waals surface area contributed by atoms with Gasteiger partial charge < -0.3 is 15.0 Å². The molecule has 1 aliphatic rings. The molecule has 0 aliphatic carbocycles. The summed E-state index contributed by atoms with van der Waals surface area (Å²) in [4.78, 5) is 21.4. The van der Waals surface area contributed by atoms with Crippen molar-refractivity contribution in [2.24, 2.45) is 7.05 Å². The first kappa shape index (κ1) is 18.6. The highest BCUT2D eigenvalue weighted by atomic mass is 32.1. The summed E-state index contributed by atoms with van der Waals surface area (Å²) in [6, 6.07) is 7.85. The topological polar surface area (TPSA) is 72.3 Å². The Labute approximate surface area is 168 Å². The molecule has 0 bridgehead atoms. The lowest BCUT2D eigenvalue weighted by atomic mass is 10.0. The minimum Gasteiger partial charge on any atom is -0.383 e. The Hall–Kier alpha value is -2.71. The van der Waals surface area contributed by atoms with Crippen molar-refractivity contribution in [3.05, 3.63) is 47.1 Å². The van der Waals surface area contributed by atoms with E-state index in [1.165, 1.54) is 0 Å². The van der Waals surface area contributed by atoms with Crippen LogP contribution >= 0.6 is 11.3 Å². The summed E-state index contributed by atoms with van der Waals surface area (Å²) in [6.07, 6.45) is 3.51. The summed E-state index contributed by atoms with van der Waals surface area (Å²) in [5.41, 5.74) is 1.49. The number of methoxy groups -OCH3 is 1. The predicted molar refractivity (Wildman–Crippen MR) is 110 cm³/mol. The number of aryl methyl sites for hydroxylation is 1. The third kappa shape index (κ3) is 3.08. The Balaban J connectivity index is 1.63. The van der Waals surface area contributed by atoms with E-state index in [-0.39, 0.29) is 11.4 Å². The number of hydrogen-bond acceptors (Lipinski definition) is 6. The van der Waals surface area contributed by atoms with Crippen LogP contribution in [-0.4, -0.2) is 45.8 Å². The van der Waals surface area contributed by atoms with Crippen molar-refractivity contribution in [1.82, 2.24) is 19.7 Å². The molecule has 1 amide bonds. The molecule has 0 atom stereocenters. The van der Waals surface area contributed by atoms with Crippen LogP contribution in [0, 0.1) is 0 Å². The van der Waals surface area contributed by atoms with Gasteiger partial charge >= 0.3 is 0 Å². The normalized spacial score (nSPS) is 15.1. The van der Waals surface area contributed by atoms with Gasteiger partial charge in [-0.3, -0.25) is 9.48 Å². The van der Waals surface area contributed by atoms with Crippen LogP contribution in [0.1, 0.15) is 29.1 Å². The molecule has 7 nitrogen and oxygen atoms in total. The van der Waals surface area contributed by atoms with Crippen molar-refractivity contribution < 1.29 is 9.53 Å². The summed E-state index contributed by atoms with van der Waals surface area (Å²) >= 11 is 1.67. The van der Waals surface area contributed by atoms with Crippen LogP contribution < -0.4 is 5.32 Å².